The van der Waals surface area contributed by atoms with E-state index < -0.39 is 0 Å². The van der Waals surface area contributed by atoms with E-state index in [1.165, 1.54) is 17.5 Å². The number of benzene rings is 1. The van der Waals surface area contributed by atoms with Gasteiger partial charge < -0.3 is 0 Å². The van der Waals surface area contributed by atoms with E-state index in [2.05, 4.69) is 51.1 Å². The Bertz CT molecular complexity index is 646. The van der Waals surface area contributed by atoms with Crippen LogP contribution in [0.1, 0.15) is 61.5 Å². The topological polar surface area (TPSA) is 17.1 Å². The molecular formula is C20H24O. The van der Waals surface area contributed by atoms with E-state index in [9.17, 15) is 4.79 Å². The standard InChI is InChI=1S/C20H24O/c1-19(2,3)15-6-7-17-14(11-15)8-9-20(18(17)21)12-13-4-5-16(20)10-13/h4-7,11,13,16H,8-10,12H2,1-3H3. The lowest BCUT2D eigenvalue weighted by atomic mass is 9.63. The Kier molecular flexibility index (Phi) is 2.59. The lowest BCUT2D eigenvalue weighted by Crippen LogP contribution is -2.39. The minimum Gasteiger partial charge on any atom is -0.294 e. The number of hydrogen-bond donors (Lipinski definition) is 0. The van der Waals surface area contributed by atoms with Crippen LogP contribution in [0.25, 0.3) is 0 Å². The molecular weight excluding hydrogens is 256 g/mol. The third-order valence-corrected chi connectivity index (χ3v) is 6.02. The highest BCUT2D eigenvalue weighted by atomic mass is 16.1. The summed E-state index contributed by atoms with van der Waals surface area (Å²) in [6, 6.07) is 6.55. The maximum absolute atomic E-state index is 13.2. The highest BCUT2D eigenvalue weighted by molar-refractivity contribution is 6.03. The summed E-state index contributed by atoms with van der Waals surface area (Å²) in [5.74, 6) is 1.60. The van der Waals surface area contributed by atoms with E-state index in [0.717, 1.165) is 24.8 Å². The first-order chi connectivity index (χ1) is 9.90. The van der Waals surface area contributed by atoms with E-state index in [4.69, 9.17) is 0 Å². The molecule has 1 fully saturated rings. The summed E-state index contributed by atoms with van der Waals surface area (Å²) < 4.78 is 0. The van der Waals surface area contributed by atoms with E-state index in [0.29, 0.717) is 17.6 Å². The Morgan fingerprint density at radius 2 is 2.00 bits per heavy atom. The lowest BCUT2D eigenvalue weighted by Gasteiger charge is -2.38. The van der Waals surface area contributed by atoms with Crippen LogP contribution in [0.5, 0.6) is 0 Å². The van der Waals surface area contributed by atoms with Crippen LogP contribution in [0.15, 0.2) is 30.4 Å². The van der Waals surface area contributed by atoms with Crippen molar-refractivity contribution in [2.75, 3.05) is 0 Å². The van der Waals surface area contributed by atoms with Crippen LogP contribution in [-0.2, 0) is 11.8 Å². The van der Waals surface area contributed by atoms with Crippen LogP contribution in [0.2, 0.25) is 0 Å². The molecule has 0 aromatic heterocycles. The van der Waals surface area contributed by atoms with Crippen molar-refractivity contribution < 1.29 is 4.79 Å². The Hall–Kier alpha value is -1.37. The smallest absolute Gasteiger partial charge is 0.169 e. The summed E-state index contributed by atoms with van der Waals surface area (Å²) in [7, 11) is 0. The molecule has 1 spiro atoms. The van der Waals surface area contributed by atoms with Gasteiger partial charge in [0.25, 0.3) is 0 Å². The Morgan fingerprint density at radius 1 is 1.19 bits per heavy atom. The zero-order chi connectivity index (χ0) is 14.8. The predicted molar refractivity (Wildman–Crippen MR) is 85.6 cm³/mol. The first-order valence-corrected chi connectivity index (χ1v) is 8.27. The number of aryl methyl sites for hydroxylation is 1. The summed E-state index contributed by atoms with van der Waals surface area (Å²) in [5, 5.41) is 0. The van der Waals surface area contributed by atoms with Gasteiger partial charge in [0, 0.05) is 11.0 Å². The van der Waals surface area contributed by atoms with Crippen molar-refractivity contribution in [2.45, 2.75) is 51.9 Å². The summed E-state index contributed by atoms with van der Waals surface area (Å²) in [6.45, 7) is 6.71. The monoisotopic (exact) mass is 280 g/mol. The molecule has 2 bridgehead atoms. The Balaban J connectivity index is 1.75. The van der Waals surface area contributed by atoms with Crippen molar-refractivity contribution >= 4 is 5.78 Å². The number of Topliss-reactive ketones (excluding diaryl/α,β-unsaturated/α-hetero) is 1. The van der Waals surface area contributed by atoms with Crippen LogP contribution in [0.4, 0.5) is 0 Å². The highest BCUT2D eigenvalue weighted by Gasteiger charge is 2.54. The largest absolute Gasteiger partial charge is 0.294 e. The predicted octanol–water partition coefficient (Wildman–Crippen LogP) is 4.70. The molecule has 1 heteroatoms. The van der Waals surface area contributed by atoms with Crippen LogP contribution in [0, 0.1) is 17.3 Å². The normalized spacial score (nSPS) is 33.8. The van der Waals surface area contributed by atoms with Gasteiger partial charge in [-0.15, -0.1) is 0 Å². The van der Waals surface area contributed by atoms with Gasteiger partial charge in [-0.25, -0.2) is 0 Å². The van der Waals surface area contributed by atoms with Crippen molar-refractivity contribution in [3.05, 3.63) is 47.0 Å². The quantitative estimate of drug-likeness (QED) is 0.630. The number of carbonyl (C=O) groups excluding carboxylic acids is 1. The average Bonchev–Trinajstić information content (AvgIpc) is 3.03. The molecule has 0 saturated heterocycles. The van der Waals surface area contributed by atoms with E-state index >= 15 is 0 Å². The Labute approximate surface area is 127 Å². The van der Waals surface area contributed by atoms with Gasteiger partial charge in [0.05, 0.1) is 0 Å². The van der Waals surface area contributed by atoms with Crippen molar-refractivity contribution in [3.8, 4) is 0 Å². The lowest BCUT2D eigenvalue weighted by molar-refractivity contribution is 0.0702. The molecule has 3 aliphatic rings. The highest BCUT2D eigenvalue weighted by Crippen LogP contribution is 2.57. The second kappa shape index (κ2) is 4.09. The molecule has 3 atom stereocenters. The van der Waals surface area contributed by atoms with Crippen molar-refractivity contribution in [1.82, 2.24) is 0 Å². The molecule has 4 rings (SSSR count). The van der Waals surface area contributed by atoms with Gasteiger partial charge in [0.2, 0.25) is 0 Å². The zero-order valence-corrected chi connectivity index (χ0v) is 13.3. The van der Waals surface area contributed by atoms with Crippen LogP contribution < -0.4 is 0 Å². The number of hydrogen-bond acceptors (Lipinski definition) is 1. The van der Waals surface area contributed by atoms with Crippen molar-refractivity contribution in [1.29, 1.82) is 0 Å². The fourth-order valence-corrected chi connectivity index (χ4v) is 4.73. The fourth-order valence-electron chi connectivity index (χ4n) is 4.73. The van der Waals surface area contributed by atoms with Crippen LogP contribution >= 0.6 is 0 Å². The van der Waals surface area contributed by atoms with E-state index in [1.54, 1.807) is 0 Å². The minimum atomic E-state index is -0.0599. The summed E-state index contributed by atoms with van der Waals surface area (Å²) >= 11 is 0. The van der Waals surface area contributed by atoms with Crippen LogP contribution in [0.3, 0.4) is 0 Å². The van der Waals surface area contributed by atoms with Gasteiger partial charge in [0.1, 0.15) is 0 Å². The SMILES string of the molecule is CC(C)(C)c1ccc2c(c1)CCC1(CC3C=CC1C3)C2=O. The summed E-state index contributed by atoms with van der Waals surface area (Å²) in [6.07, 6.45) is 9.08. The second-order valence-corrected chi connectivity index (χ2v) is 8.30. The van der Waals surface area contributed by atoms with Crippen molar-refractivity contribution in [2.24, 2.45) is 17.3 Å². The number of fused-ring (bicyclic) bond motifs is 4. The molecule has 0 heterocycles. The van der Waals surface area contributed by atoms with Gasteiger partial charge in [-0.1, -0.05) is 51.1 Å². The Morgan fingerprint density at radius 3 is 2.62 bits per heavy atom. The molecule has 3 unspecified atom stereocenters. The van der Waals surface area contributed by atoms with Gasteiger partial charge in [-0.05, 0) is 54.1 Å². The maximum Gasteiger partial charge on any atom is 0.169 e. The minimum absolute atomic E-state index is 0.0599. The van der Waals surface area contributed by atoms with Crippen molar-refractivity contribution in [3.63, 3.8) is 0 Å². The molecule has 1 nitrogen and oxygen atoms in total. The molecule has 1 aromatic carbocycles. The number of allylic oxidation sites excluding steroid dienone is 2. The number of ketones is 1. The first kappa shape index (κ1) is 13.3. The van der Waals surface area contributed by atoms with Gasteiger partial charge in [-0.2, -0.15) is 0 Å². The molecule has 0 radical (unpaired) electrons. The average molecular weight is 280 g/mol. The van der Waals surface area contributed by atoms with Gasteiger partial charge in [0.15, 0.2) is 5.78 Å². The summed E-state index contributed by atoms with van der Waals surface area (Å²) in [4.78, 5) is 13.2. The molecule has 1 saturated carbocycles. The van der Waals surface area contributed by atoms with Crippen LogP contribution in [-0.4, -0.2) is 5.78 Å². The third kappa shape index (κ3) is 1.79. The van der Waals surface area contributed by atoms with E-state index in [-0.39, 0.29) is 10.8 Å². The van der Waals surface area contributed by atoms with Gasteiger partial charge >= 0.3 is 0 Å². The molecule has 110 valence electrons. The molecule has 1 aromatic rings. The van der Waals surface area contributed by atoms with Gasteiger partial charge in [-0.3, -0.25) is 4.79 Å². The maximum atomic E-state index is 13.2. The summed E-state index contributed by atoms with van der Waals surface area (Å²) in [5.41, 5.74) is 3.73. The first-order valence-electron chi connectivity index (χ1n) is 8.27. The third-order valence-electron chi connectivity index (χ3n) is 6.02. The molecule has 3 aliphatic carbocycles. The second-order valence-electron chi connectivity index (χ2n) is 8.30. The number of carbonyl (C=O) groups is 1. The fraction of sp³-hybridized carbons (Fsp3) is 0.550. The molecule has 0 aliphatic heterocycles. The van der Waals surface area contributed by atoms with E-state index in [1.807, 2.05) is 0 Å². The molecule has 0 amide bonds. The number of rotatable bonds is 0. The molecule has 21 heavy (non-hydrogen) atoms. The zero-order valence-electron chi connectivity index (χ0n) is 13.3. The molecule has 0 N–H and O–H groups in total.